The molecule has 22 heavy (non-hydrogen) atoms. The van der Waals surface area contributed by atoms with Gasteiger partial charge in [0.1, 0.15) is 5.82 Å². The molecule has 0 radical (unpaired) electrons. The van der Waals surface area contributed by atoms with Crippen molar-refractivity contribution >= 4 is 18.6 Å². The molecule has 0 atom stereocenters. The van der Waals surface area contributed by atoms with Gasteiger partial charge in [0.05, 0.1) is 23.4 Å². The molecule has 1 aliphatic rings. The van der Waals surface area contributed by atoms with Crippen LogP contribution in [0, 0.1) is 5.82 Å². The third kappa shape index (κ3) is 2.76. The van der Waals surface area contributed by atoms with E-state index in [2.05, 4.69) is 0 Å². The highest BCUT2D eigenvalue weighted by molar-refractivity contribution is 6.62. The Morgan fingerprint density at radius 3 is 2.27 bits per heavy atom. The lowest BCUT2D eigenvalue weighted by Crippen LogP contribution is -2.41. The minimum absolute atomic E-state index is 0.0837. The van der Waals surface area contributed by atoms with Crippen LogP contribution in [0.25, 0.3) is 0 Å². The molecule has 0 saturated carbocycles. The Morgan fingerprint density at radius 2 is 1.82 bits per heavy atom. The van der Waals surface area contributed by atoms with Crippen LogP contribution in [-0.4, -0.2) is 36.5 Å². The Balaban J connectivity index is 2.54. The maximum absolute atomic E-state index is 14.7. The number of ether oxygens (including phenoxy) is 1. The Kier molecular flexibility index (Phi) is 4.34. The van der Waals surface area contributed by atoms with Crippen LogP contribution in [0.1, 0.15) is 43.6 Å². The van der Waals surface area contributed by atoms with Crippen molar-refractivity contribution in [3.05, 3.63) is 29.1 Å². The van der Waals surface area contributed by atoms with Crippen molar-refractivity contribution in [2.24, 2.45) is 0 Å². The van der Waals surface area contributed by atoms with Crippen LogP contribution in [0.15, 0.2) is 12.1 Å². The maximum atomic E-state index is 14.7. The number of methoxy groups -OCH3 is 1. The molecular formula is C15H20BFO5. The van der Waals surface area contributed by atoms with E-state index in [0.717, 1.165) is 0 Å². The lowest BCUT2D eigenvalue weighted by atomic mass is 9.74. The van der Waals surface area contributed by atoms with Crippen molar-refractivity contribution in [2.75, 3.05) is 7.11 Å². The van der Waals surface area contributed by atoms with E-state index in [9.17, 15) is 9.18 Å². The third-order valence-electron chi connectivity index (χ3n) is 4.29. The minimum atomic E-state index is -1.33. The zero-order valence-corrected chi connectivity index (χ0v) is 13.4. The molecular weight excluding hydrogens is 290 g/mol. The van der Waals surface area contributed by atoms with E-state index in [0.29, 0.717) is 5.56 Å². The summed E-state index contributed by atoms with van der Waals surface area (Å²) in [5.41, 5.74) is -1.12. The van der Waals surface area contributed by atoms with Crippen LogP contribution in [0.4, 0.5) is 4.39 Å². The van der Waals surface area contributed by atoms with Crippen LogP contribution in [0.3, 0.4) is 0 Å². The fourth-order valence-corrected chi connectivity index (χ4v) is 2.30. The molecule has 1 heterocycles. The predicted octanol–water partition coefficient (Wildman–Crippen LogP) is 1.97. The molecule has 0 spiro atoms. The van der Waals surface area contributed by atoms with Crippen molar-refractivity contribution in [2.45, 2.75) is 45.5 Å². The first-order valence-electron chi connectivity index (χ1n) is 7.00. The summed E-state index contributed by atoms with van der Waals surface area (Å²) in [5.74, 6) is -2.18. The summed E-state index contributed by atoms with van der Waals surface area (Å²) in [4.78, 5) is 11.2. The maximum Gasteiger partial charge on any atom is 0.498 e. The zero-order chi connectivity index (χ0) is 16.7. The van der Waals surface area contributed by atoms with Crippen LogP contribution < -0.4 is 5.46 Å². The normalized spacial score (nSPS) is 19.5. The van der Waals surface area contributed by atoms with Crippen molar-refractivity contribution in [1.82, 2.24) is 0 Å². The standard InChI is InChI=1S/C15H20BFO5/c1-14(2)15(3,4)22-16(21-14)11-9(8-20-5)6-7-10(12(11)17)13(18)19/h6-7H,8H2,1-5H3,(H,18,19). The average Bonchev–Trinajstić information content (AvgIpc) is 2.58. The molecule has 1 aromatic rings. The fraction of sp³-hybridized carbons (Fsp3) is 0.533. The van der Waals surface area contributed by atoms with Crippen LogP contribution >= 0.6 is 0 Å². The molecule has 0 unspecified atom stereocenters. The van der Waals surface area contributed by atoms with Crippen LogP contribution in [0.2, 0.25) is 0 Å². The van der Waals surface area contributed by atoms with Crippen molar-refractivity contribution < 1.29 is 28.3 Å². The Morgan fingerprint density at radius 1 is 1.27 bits per heavy atom. The van der Waals surface area contributed by atoms with E-state index in [1.807, 2.05) is 27.7 Å². The second-order valence-electron chi connectivity index (χ2n) is 6.33. The van der Waals surface area contributed by atoms with Gasteiger partial charge in [0.25, 0.3) is 0 Å². The highest BCUT2D eigenvalue weighted by Crippen LogP contribution is 2.37. The highest BCUT2D eigenvalue weighted by Gasteiger charge is 2.53. The molecule has 0 aromatic heterocycles. The summed E-state index contributed by atoms with van der Waals surface area (Å²) in [7, 11) is 0.506. The lowest BCUT2D eigenvalue weighted by molar-refractivity contribution is 0.00578. The molecule has 1 aliphatic heterocycles. The van der Waals surface area contributed by atoms with E-state index in [4.69, 9.17) is 19.2 Å². The summed E-state index contributed by atoms with van der Waals surface area (Å²) in [5, 5.41) is 9.11. The molecule has 2 rings (SSSR count). The molecule has 1 N–H and O–H groups in total. The number of rotatable bonds is 4. The van der Waals surface area contributed by atoms with Crippen molar-refractivity contribution in [3.63, 3.8) is 0 Å². The lowest BCUT2D eigenvalue weighted by Gasteiger charge is -2.32. The molecule has 0 amide bonds. The van der Waals surface area contributed by atoms with Gasteiger partial charge in [-0.2, -0.15) is 0 Å². The van der Waals surface area contributed by atoms with Gasteiger partial charge in [0.2, 0.25) is 0 Å². The SMILES string of the molecule is COCc1ccc(C(=O)O)c(F)c1B1OC(C)(C)C(C)(C)O1. The average molecular weight is 310 g/mol. The van der Waals surface area contributed by atoms with E-state index >= 15 is 0 Å². The van der Waals surface area contributed by atoms with Gasteiger partial charge in [-0.05, 0) is 39.3 Å². The number of halogens is 1. The van der Waals surface area contributed by atoms with Crippen molar-refractivity contribution in [1.29, 1.82) is 0 Å². The molecule has 7 heteroatoms. The van der Waals surface area contributed by atoms with Gasteiger partial charge in [-0.3, -0.25) is 0 Å². The summed E-state index contributed by atoms with van der Waals surface area (Å²) in [6.07, 6.45) is 0. The zero-order valence-electron chi connectivity index (χ0n) is 13.4. The van der Waals surface area contributed by atoms with Gasteiger partial charge >= 0.3 is 13.1 Å². The Labute approximate surface area is 129 Å². The van der Waals surface area contributed by atoms with E-state index < -0.39 is 35.7 Å². The molecule has 0 bridgehead atoms. The van der Waals surface area contributed by atoms with E-state index in [1.165, 1.54) is 19.2 Å². The molecule has 1 aromatic carbocycles. The number of hydrogen-bond donors (Lipinski definition) is 1. The van der Waals surface area contributed by atoms with Crippen LogP contribution in [-0.2, 0) is 20.7 Å². The Hall–Kier alpha value is -1.44. The summed E-state index contributed by atoms with van der Waals surface area (Å²) in [6.45, 7) is 7.53. The minimum Gasteiger partial charge on any atom is -0.478 e. The molecule has 1 fully saturated rings. The Bertz CT molecular complexity index is 584. The number of benzene rings is 1. The van der Waals surface area contributed by atoms with Gasteiger partial charge in [-0.1, -0.05) is 6.07 Å². The quantitative estimate of drug-likeness (QED) is 0.861. The van der Waals surface area contributed by atoms with Gasteiger partial charge < -0.3 is 19.2 Å². The summed E-state index contributed by atoms with van der Waals surface area (Å²) < 4.78 is 31.4. The number of carboxylic acids is 1. The number of carboxylic acid groups (broad SMARTS) is 1. The topological polar surface area (TPSA) is 65.0 Å². The monoisotopic (exact) mass is 310 g/mol. The fourth-order valence-electron chi connectivity index (χ4n) is 2.30. The predicted molar refractivity (Wildman–Crippen MR) is 79.8 cm³/mol. The largest absolute Gasteiger partial charge is 0.498 e. The molecule has 1 saturated heterocycles. The third-order valence-corrected chi connectivity index (χ3v) is 4.29. The second-order valence-corrected chi connectivity index (χ2v) is 6.33. The highest BCUT2D eigenvalue weighted by atomic mass is 19.1. The van der Waals surface area contributed by atoms with Gasteiger partial charge in [-0.15, -0.1) is 0 Å². The van der Waals surface area contributed by atoms with Gasteiger partial charge in [-0.25, -0.2) is 9.18 Å². The molecule has 120 valence electrons. The molecule has 0 aliphatic carbocycles. The van der Waals surface area contributed by atoms with Gasteiger partial charge in [0.15, 0.2) is 0 Å². The number of aromatic carboxylic acids is 1. The summed E-state index contributed by atoms with van der Waals surface area (Å²) in [6, 6.07) is 2.75. The number of carbonyl (C=O) groups is 1. The van der Waals surface area contributed by atoms with E-state index in [1.54, 1.807) is 0 Å². The van der Waals surface area contributed by atoms with Crippen LogP contribution in [0.5, 0.6) is 0 Å². The van der Waals surface area contributed by atoms with Crippen molar-refractivity contribution in [3.8, 4) is 0 Å². The first-order chi connectivity index (χ1) is 10.1. The smallest absolute Gasteiger partial charge is 0.478 e. The second kappa shape index (κ2) is 5.64. The first-order valence-corrected chi connectivity index (χ1v) is 7.00. The summed E-state index contributed by atoms with van der Waals surface area (Å²) >= 11 is 0. The number of hydrogen-bond acceptors (Lipinski definition) is 4. The first kappa shape index (κ1) is 16.9. The molecule has 5 nitrogen and oxygen atoms in total. The van der Waals surface area contributed by atoms with Gasteiger partial charge in [0, 0.05) is 12.6 Å². The van der Waals surface area contributed by atoms with E-state index in [-0.39, 0.29) is 12.1 Å².